The fourth-order valence-electron chi connectivity index (χ4n) is 0.428. The highest BCUT2D eigenvalue weighted by Gasteiger charge is 2.12. The summed E-state index contributed by atoms with van der Waals surface area (Å²) >= 11 is 0. The SMILES string of the molecule is CNC(NC(N)=O)C(N)=O. The van der Waals surface area contributed by atoms with Gasteiger partial charge in [-0.15, -0.1) is 0 Å². The molecule has 0 radical (unpaired) electrons. The number of amides is 3. The largest absolute Gasteiger partial charge is 0.367 e. The summed E-state index contributed by atoms with van der Waals surface area (Å²) in [5.74, 6) is -0.679. The topological polar surface area (TPSA) is 110 Å². The lowest BCUT2D eigenvalue weighted by atomic mass is 10.5. The van der Waals surface area contributed by atoms with Crippen LogP contribution in [0.1, 0.15) is 0 Å². The quantitative estimate of drug-likeness (QED) is 0.335. The fraction of sp³-hybridized carbons (Fsp3) is 0.500. The molecule has 10 heavy (non-hydrogen) atoms. The van der Waals surface area contributed by atoms with Crippen LogP contribution in [0.25, 0.3) is 0 Å². The minimum atomic E-state index is -0.891. The van der Waals surface area contributed by atoms with Gasteiger partial charge in [-0.1, -0.05) is 0 Å². The summed E-state index contributed by atoms with van der Waals surface area (Å²) in [5.41, 5.74) is 9.53. The summed E-state index contributed by atoms with van der Waals surface area (Å²) in [6.07, 6.45) is -0.891. The van der Waals surface area contributed by atoms with Crippen LogP contribution in [0.2, 0.25) is 0 Å². The van der Waals surface area contributed by atoms with Crippen LogP contribution < -0.4 is 22.1 Å². The number of primary amides is 2. The molecule has 0 aromatic carbocycles. The molecule has 0 aromatic rings. The first-order valence-corrected chi connectivity index (χ1v) is 2.60. The van der Waals surface area contributed by atoms with Gasteiger partial charge < -0.3 is 16.8 Å². The van der Waals surface area contributed by atoms with E-state index in [9.17, 15) is 9.59 Å². The zero-order valence-corrected chi connectivity index (χ0v) is 5.55. The van der Waals surface area contributed by atoms with Crippen molar-refractivity contribution in [2.24, 2.45) is 11.5 Å². The second kappa shape index (κ2) is 3.67. The Morgan fingerprint density at radius 1 is 1.40 bits per heavy atom. The summed E-state index contributed by atoms with van der Waals surface area (Å²) in [6, 6.07) is -0.793. The summed E-state index contributed by atoms with van der Waals surface area (Å²) in [6.45, 7) is 0. The lowest BCUT2D eigenvalue weighted by Gasteiger charge is -2.11. The molecule has 0 spiro atoms. The van der Waals surface area contributed by atoms with Gasteiger partial charge in [0.25, 0.3) is 5.91 Å². The van der Waals surface area contributed by atoms with E-state index in [1.54, 1.807) is 0 Å². The second-order valence-corrected chi connectivity index (χ2v) is 1.63. The molecule has 0 aliphatic heterocycles. The third kappa shape index (κ3) is 2.88. The molecule has 6 nitrogen and oxygen atoms in total. The van der Waals surface area contributed by atoms with Crippen LogP contribution >= 0.6 is 0 Å². The van der Waals surface area contributed by atoms with Crippen LogP contribution in [-0.2, 0) is 4.79 Å². The Bertz CT molecular complexity index is 146. The van der Waals surface area contributed by atoms with E-state index in [2.05, 4.69) is 10.6 Å². The number of hydrogen-bond acceptors (Lipinski definition) is 3. The van der Waals surface area contributed by atoms with Gasteiger partial charge in [-0.05, 0) is 7.05 Å². The molecule has 0 aromatic heterocycles. The van der Waals surface area contributed by atoms with Crippen LogP contribution in [-0.4, -0.2) is 25.2 Å². The number of carbonyl (C=O) groups excluding carboxylic acids is 2. The van der Waals surface area contributed by atoms with Gasteiger partial charge in [-0.3, -0.25) is 10.1 Å². The molecule has 0 fully saturated rings. The summed E-state index contributed by atoms with van der Waals surface area (Å²) in [5, 5.41) is 4.53. The number of likely N-dealkylation sites (N-methyl/N-ethyl adjacent to an activating group) is 1. The van der Waals surface area contributed by atoms with Crippen molar-refractivity contribution in [3.8, 4) is 0 Å². The highest BCUT2D eigenvalue weighted by Crippen LogP contribution is 1.71. The van der Waals surface area contributed by atoms with Crippen molar-refractivity contribution in [1.82, 2.24) is 10.6 Å². The maximum Gasteiger partial charge on any atom is 0.313 e. The molecule has 0 saturated heterocycles. The van der Waals surface area contributed by atoms with Crippen molar-refractivity contribution in [3.63, 3.8) is 0 Å². The Balaban J connectivity index is 3.83. The maximum atomic E-state index is 10.4. The minimum Gasteiger partial charge on any atom is -0.367 e. The molecule has 58 valence electrons. The summed E-state index contributed by atoms with van der Waals surface area (Å²) in [7, 11) is 1.48. The van der Waals surface area contributed by atoms with Crippen LogP contribution in [0.5, 0.6) is 0 Å². The van der Waals surface area contributed by atoms with Gasteiger partial charge in [-0.2, -0.15) is 0 Å². The molecule has 0 heterocycles. The molecule has 0 aliphatic carbocycles. The van der Waals surface area contributed by atoms with Crippen LogP contribution in [0.3, 0.4) is 0 Å². The van der Waals surface area contributed by atoms with Gasteiger partial charge in [0.2, 0.25) is 0 Å². The molecular weight excluding hydrogens is 136 g/mol. The van der Waals surface area contributed by atoms with E-state index in [4.69, 9.17) is 11.5 Å². The number of urea groups is 1. The Morgan fingerprint density at radius 2 is 1.90 bits per heavy atom. The van der Waals surface area contributed by atoms with Gasteiger partial charge in [0.1, 0.15) is 0 Å². The molecule has 3 amide bonds. The standard InChI is InChI=1S/C4H10N4O2/c1-7-3(2(5)9)8-4(6)10/h3,7H,1H3,(H2,5,9)(H3,6,8,10). The molecule has 6 N–H and O–H groups in total. The summed E-state index contributed by atoms with van der Waals surface area (Å²) in [4.78, 5) is 20.5. The zero-order valence-electron chi connectivity index (χ0n) is 5.55. The number of carbonyl (C=O) groups is 2. The monoisotopic (exact) mass is 146 g/mol. The molecule has 0 aliphatic rings. The van der Waals surface area contributed by atoms with Gasteiger partial charge in [0.05, 0.1) is 0 Å². The predicted molar refractivity (Wildman–Crippen MR) is 34.8 cm³/mol. The maximum absolute atomic E-state index is 10.4. The van der Waals surface area contributed by atoms with Gasteiger partial charge in [-0.25, -0.2) is 4.79 Å². The lowest BCUT2D eigenvalue weighted by molar-refractivity contribution is -0.120. The van der Waals surface area contributed by atoms with Gasteiger partial charge in [0, 0.05) is 0 Å². The second-order valence-electron chi connectivity index (χ2n) is 1.63. The average molecular weight is 146 g/mol. The molecule has 1 atom stereocenters. The van der Waals surface area contributed by atoms with E-state index >= 15 is 0 Å². The minimum absolute atomic E-state index is 0.679. The van der Waals surface area contributed by atoms with Crippen LogP contribution in [0, 0.1) is 0 Å². The number of nitrogens with one attached hydrogen (secondary N) is 2. The molecule has 0 rings (SSSR count). The normalized spacial score (nSPS) is 12.1. The third-order valence-electron chi connectivity index (χ3n) is 0.860. The van der Waals surface area contributed by atoms with Crippen LogP contribution in [0.15, 0.2) is 0 Å². The molecular formula is C4H10N4O2. The zero-order chi connectivity index (χ0) is 8.15. The number of nitrogens with two attached hydrogens (primary N) is 2. The van der Waals surface area contributed by atoms with Crippen molar-refractivity contribution >= 4 is 11.9 Å². The highest BCUT2D eigenvalue weighted by atomic mass is 16.2. The molecule has 0 saturated carbocycles. The smallest absolute Gasteiger partial charge is 0.313 e. The van der Waals surface area contributed by atoms with Crippen molar-refractivity contribution in [2.45, 2.75) is 6.17 Å². The van der Waals surface area contributed by atoms with E-state index in [0.717, 1.165) is 0 Å². The van der Waals surface area contributed by atoms with E-state index in [-0.39, 0.29) is 0 Å². The van der Waals surface area contributed by atoms with E-state index in [1.807, 2.05) is 0 Å². The van der Waals surface area contributed by atoms with E-state index < -0.39 is 18.1 Å². The Hall–Kier alpha value is -1.30. The van der Waals surface area contributed by atoms with Gasteiger partial charge >= 0.3 is 6.03 Å². The fourth-order valence-corrected chi connectivity index (χ4v) is 0.428. The van der Waals surface area contributed by atoms with Crippen molar-refractivity contribution in [1.29, 1.82) is 0 Å². The third-order valence-corrected chi connectivity index (χ3v) is 0.860. The Kier molecular flexibility index (Phi) is 3.20. The van der Waals surface area contributed by atoms with Crippen molar-refractivity contribution in [2.75, 3.05) is 7.05 Å². The number of hydrogen-bond donors (Lipinski definition) is 4. The number of rotatable bonds is 3. The molecule has 0 bridgehead atoms. The molecule has 6 heteroatoms. The highest BCUT2D eigenvalue weighted by molar-refractivity contribution is 5.84. The lowest BCUT2D eigenvalue weighted by Crippen LogP contribution is -2.53. The average Bonchev–Trinajstić information content (AvgIpc) is 1.81. The first-order valence-electron chi connectivity index (χ1n) is 2.60. The first-order chi connectivity index (χ1) is 4.57. The summed E-state index contributed by atoms with van der Waals surface area (Å²) < 4.78 is 0. The van der Waals surface area contributed by atoms with Crippen molar-refractivity contribution in [3.05, 3.63) is 0 Å². The Labute approximate surface area is 57.9 Å². The first kappa shape index (κ1) is 8.70. The van der Waals surface area contributed by atoms with Gasteiger partial charge in [0.15, 0.2) is 6.17 Å². The molecule has 1 unspecified atom stereocenters. The van der Waals surface area contributed by atoms with E-state index in [0.29, 0.717) is 0 Å². The Morgan fingerprint density at radius 3 is 2.00 bits per heavy atom. The van der Waals surface area contributed by atoms with Crippen molar-refractivity contribution < 1.29 is 9.59 Å². The predicted octanol–water partition coefficient (Wildman–Crippen LogP) is -2.31. The van der Waals surface area contributed by atoms with E-state index in [1.165, 1.54) is 7.05 Å². The van der Waals surface area contributed by atoms with Crippen LogP contribution in [0.4, 0.5) is 4.79 Å².